The number of hydrogen-bond donors (Lipinski definition) is 1. The Morgan fingerprint density at radius 3 is 2.67 bits per heavy atom. The zero-order valence-corrected chi connectivity index (χ0v) is 14.5. The van der Waals surface area contributed by atoms with Crippen LogP contribution in [0.25, 0.3) is 10.2 Å². The number of nitrogens with one attached hydrogen (secondary N) is 1. The van der Waals surface area contributed by atoms with Gasteiger partial charge < -0.3 is 9.47 Å². The number of anilines is 1. The van der Waals surface area contributed by atoms with E-state index in [-0.39, 0.29) is 0 Å². The molecule has 0 aliphatic heterocycles. The van der Waals surface area contributed by atoms with Crippen LogP contribution in [0.3, 0.4) is 0 Å². The predicted molar refractivity (Wildman–Crippen MR) is 99.6 cm³/mol. The van der Waals surface area contributed by atoms with Crippen LogP contribution in [0.1, 0.15) is 19.4 Å². The maximum Gasteiger partial charge on any atom is 0.204 e. The number of hydrogen-bond acceptors (Lipinski definition) is 6. The highest BCUT2D eigenvalue weighted by Gasteiger charge is 2.05. The van der Waals surface area contributed by atoms with Gasteiger partial charge in [-0.25, -0.2) is 4.98 Å². The summed E-state index contributed by atoms with van der Waals surface area (Å²) in [6, 6.07) is 13.8. The molecule has 24 heavy (non-hydrogen) atoms. The normalized spacial score (nSPS) is 11.1. The molecular weight excluding hydrogens is 322 g/mol. The van der Waals surface area contributed by atoms with E-state index in [9.17, 15) is 0 Å². The molecule has 0 unspecified atom stereocenters. The summed E-state index contributed by atoms with van der Waals surface area (Å²) in [5, 5.41) is 5.03. The fraction of sp³-hybridized carbons (Fsp3) is 0.222. The second-order valence-corrected chi connectivity index (χ2v) is 5.96. The Morgan fingerprint density at radius 1 is 1.08 bits per heavy atom. The Bertz CT molecular complexity index is 812. The smallest absolute Gasteiger partial charge is 0.204 e. The average Bonchev–Trinajstić information content (AvgIpc) is 3.00. The Hall–Kier alpha value is -2.60. The molecule has 0 bridgehead atoms. The van der Waals surface area contributed by atoms with Gasteiger partial charge in [0.1, 0.15) is 0 Å². The molecule has 0 atom stereocenters. The molecule has 0 radical (unpaired) electrons. The van der Waals surface area contributed by atoms with Crippen LogP contribution in [0.5, 0.6) is 11.5 Å². The van der Waals surface area contributed by atoms with Crippen molar-refractivity contribution in [3.63, 3.8) is 0 Å². The number of rotatable bonds is 7. The average molecular weight is 341 g/mol. The van der Waals surface area contributed by atoms with Gasteiger partial charge in [-0.3, -0.25) is 5.43 Å². The zero-order chi connectivity index (χ0) is 16.8. The molecule has 1 aromatic heterocycles. The molecule has 3 aromatic rings. The van der Waals surface area contributed by atoms with E-state index < -0.39 is 0 Å². The quantitative estimate of drug-likeness (QED) is 0.506. The van der Waals surface area contributed by atoms with Crippen molar-refractivity contribution in [2.75, 3.05) is 18.6 Å². The third-order valence-electron chi connectivity index (χ3n) is 3.24. The molecule has 0 saturated heterocycles. The number of thiazole rings is 1. The van der Waals surface area contributed by atoms with E-state index in [0.717, 1.165) is 32.4 Å². The number of benzene rings is 2. The Kier molecular flexibility index (Phi) is 5.28. The van der Waals surface area contributed by atoms with Gasteiger partial charge in [-0.2, -0.15) is 5.10 Å². The molecule has 0 fully saturated rings. The van der Waals surface area contributed by atoms with E-state index in [1.54, 1.807) is 17.6 Å². The van der Waals surface area contributed by atoms with Gasteiger partial charge >= 0.3 is 0 Å². The van der Waals surface area contributed by atoms with Crippen molar-refractivity contribution in [1.29, 1.82) is 0 Å². The van der Waals surface area contributed by atoms with Crippen molar-refractivity contribution >= 4 is 32.9 Å². The molecule has 0 saturated carbocycles. The van der Waals surface area contributed by atoms with Crippen molar-refractivity contribution in [3.8, 4) is 11.5 Å². The molecule has 6 heteroatoms. The van der Waals surface area contributed by atoms with Crippen LogP contribution in [-0.4, -0.2) is 24.4 Å². The monoisotopic (exact) mass is 341 g/mol. The van der Waals surface area contributed by atoms with Gasteiger partial charge in [-0.05, 0) is 49.7 Å². The summed E-state index contributed by atoms with van der Waals surface area (Å²) in [5.74, 6) is 1.47. The molecule has 0 spiro atoms. The lowest BCUT2D eigenvalue weighted by atomic mass is 10.2. The number of hydrazone groups is 1. The van der Waals surface area contributed by atoms with E-state index in [1.807, 2.05) is 56.3 Å². The van der Waals surface area contributed by atoms with Crippen molar-refractivity contribution in [2.45, 2.75) is 13.8 Å². The Morgan fingerprint density at radius 2 is 1.88 bits per heavy atom. The standard InChI is InChI=1S/C18H19N3O2S/c1-3-22-15-10-9-13(11-16(15)23-4-2)12-19-21-18-20-14-7-5-6-8-17(14)24-18/h5-12H,3-4H2,1-2H3,(H,20,21)/b19-12-. The third-order valence-corrected chi connectivity index (χ3v) is 4.18. The number of nitrogens with zero attached hydrogens (tertiary/aromatic N) is 2. The summed E-state index contributed by atoms with van der Waals surface area (Å²) in [7, 11) is 0. The largest absolute Gasteiger partial charge is 0.490 e. The zero-order valence-electron chi connectivity index (χ0n) is 13.7. The number of para-hydroxylation sites is 1. The van der Waals surface area contributed by atoms with Crippen LogP contribution in [0.2, 0.25) is 0 Å². The molecule has 0 amide bonds. The number of ether oxygens (including phenoxy) is 2. The molecule has 0 aliphatic carbocycles. The topological polar surface area (TPSA) is 55.7 Å². The summed E-state index contributed by atoms with van der Waals surface area (Å²) in [4.78, 5) is 4.48. The lowest BCUT2D eigenvalue weighted by Crippen LogP contribution is -1.99. The van der Waals surface area contributed by atoms with E-state index >= 15 is 0 Å². The highest BCUT2D eigenvalue weighted by molar-refractivity contribution is 7.22. The summed E-state index contributed by atoms with van der Waals surface area (Å²) >= 11 is 1.57. The van der Waals surface area contributed by atoms with Crippen LogP contribution in [0.4, 0.5) is 5.13 Å². The van der Waals surface area contributed by atoms with Crippen LogP contribution >= 0.6 is 11.3 Å². The minimum atomic E-state index is 0.588. The van der Waals surface area contributed by atoms with Gasteiger partial charge in [0.25, 0.3) is 0 Å². The van der Waals surface area contributed by atoms with Gasteiger partial charge in [0, 0.05) is 0 Å². The molecule has 3 rings (SSSR count). The summed E-state index contributed by atoms with van der Waals surface area (Å²) in [5.41, 5.74) is 4.88. The molecule has 0 aliphatic rings. The van der Waals surface area contributed by atoms with Gasteiger partial charge in [-0.1, -0.05) is 23.5 Å². The number of aromatic nitrogens is 1. The maximum atomic E-state index is 5.62. The Labute approximate surface area is 144 Å². The van der Waals surface area contributed by atoms with Crippen molar-refractivity contribution in [2.24, 2.45) is 5.10 Å². The highest BCUT2D eigenvalue weighted by Crippen LogP contribution is 2.28. The molecule has 1 heterocycles. The fourth-order valence-corrected chi connectivity index (χ4v) is 3.05. The third kappa shape index (κ3) is 3.83. The van der Waals surface area contributed by atoms with Crippen molar-refractivity contribution < 1.29 is 9.47 Å². The second-order valence-electron chi connectivity index (χ2n) is 4.93. The van der Waals surface area contributed by atoms with Crippen molar-refractivity contribution in [3.05, 3.63) is 48.0 Å². The van der Waals surface area contributed by atoms with Crippen molar-refractivity contribution in [1.82, 2.24) is 4.98 Å². The first-order valence-electron chi connectivity index (χ1n) is 7.84. The number of fused-ring (bicyclic) bond motifs is 1. The first-order valence-corrected chi connectivity index (χ1v) is 8.66. The second kappa shape index (κ2) is 7.79. The summed E-state index contributed by atoms with van der Waals surface area (Å²) in [6.07, 6.45) is 1.74. The fourth-order valence-electron chi connectivity index (χ4n) is 2.23. The van der Waals surface area contributed by atoms with E-state index in [1.165, 1.54) is 0 Å². The minimum absolute atomic E-state index is 0.588. The van der Waals surface area contributed by atoms with Gasteiger partial charge in [-0.15, -0.1) is 0 Å². The van der Waals surface area contributed by atoms with E-state index in [4.69, 9.17) is 9.47 Å². The predicted octanol–water partition coefficient (Wildman–Crippen LogP) is 4.54. The van der Waals surface area contributed by atoms with Crippen LogP contribution in [0.15, 0.2) is 47.6 Å². The van der Waals surface area contributed by atoms with Crippen LogP contribution in [0, 0.1) is 0 Å². The van der Waals surface area contributed by atoms with E-state index in [0.29, 0.717) is 13.2 Å². The van der Waals surface area contributed by atoms with E-state index in [2.05, 4.69) is 15.5 Å². The molecular formula is C18H19N3O2S. The molecule has 1 N–H and O–H groups in total. The molecule has 5 nitrogen and oxygen atoms in total. The van der Waals surface area contributed by atoms with Crippen LogP contribution in [-0.2, 0) is 0 Å². The molecule has 2 aromatic carbocycles. The highest BCUT2D eigenvalue weighted by atomic mass is 32.1. The molecule has 124 valence electrons. The SMILES string of the molecule is CCOc1ccc(/C=N\Nc2nc3ccccc3s2)cc1OCC. The lowest BCUT2D eigenvalue weighted by Gasteiger charge is -2.11. The lowest BCUT2D eigenvalue weighted by molar-refractivity contribution is 0.288. The van der Waals surface area contributed by atoms with Gasteiger partial charge in [0.15, 0.2) is 11.5 Å². The summed E-state index contributed by atoms with van der Waals surface area (Å²) in [6.45, 7) is 5.09. The van der Waals surface area contributed by atoms with Gasteiger partial charge in [0.2, 0.25) is 5.13 Å². The minimum Gasteiger partial charge on any atom is -0.490 e. The Balaban J connectivity index is 1.72. The first kappa shape index (κ1) is 16.3. The maximum absolute atomic E-state index is 5.62. The first-order chi connectivity index (χ1) is 11.8. The van der Waals surface area contributed by atoms with Crippen LogP contribution < -0.4 is 14.9 Å². The summed E-state index contributed by atoms with van der Waals surface area (Å²) < 4.78 is 12.3. The van der Waals surface area contributed by atoms with Gasteiger partial charge in [0.05, 0.1) is 29.6 Å².